The van der Waals surface area contributed by atoms with Gasteiger partial charge >= 0.3 is 0 Å². The van der Waals surface area contributed by atoms with Crippen molar-refractivity contribution in [2.24, 2.45) is 17.8 Å². The van der Waals surface area contributed by atoms with E-state index in [2.05, 4.69) is 45.0 Å². The van der Waals surface area contributed by atoms with Crippen LogP contribution in [0.2, 0.25) is 0 Å². The van der Waals surface area contributed by atoms with E-state index in [9.17, 15) is 0 Å². The van der Waals surface area contributed by atoms with E-state index < -0.39 is 0 Å². The second kappa shape index (κ2) is 4.97. The number of hydrogen-bond acceptors (Lipinski definition) is 2. The normalized spacial score (nSPS) is 32.1. The molecule has 1 N–H and O–H groups in total. The van der Waals surface area contributed by atoms with Crippen LogP contribution < -0.4 is 5.32 Å². The van der Waals surface area contributed by atoms with Crippen LogP contribution in [-0.4, -0.2) is 16.8 Å². The number of rotatable bonds is 4. The summed E-state index contributed by atoms with van der Waals surface area (Å²) in [6, 6.07) is 0.456. The molecule has 2 aliphatic rings. The van der Waals surface area contributed by atoms with Gasteiger partial charge in [-0.2, -0.15) is 5.10 Å². The molecule has 1 aromatic heterocycles. The molecule has 0 spiro atoms. The van der Waals surface area contributed by atoms with Crippen molar-refractivity contribution in [3.05, 3.63) is 16.4 Å². The SMILES string of the molecule is CCn1ncc(Br)c1C(NC)C1CC2CCC1C2. The minimum absolute atomic E-state index is 0.456. The Morgan fingerprint density at radius 1 is 1.50 bits per heavy atom. The highest BCUT2D eigenvalue weighted by atomic mass is 79.9. The maximum absolute atomic E-state index is 4.47. The first-order chi connectivity index (χ1) is 8.74. The number of aryl methyl sites for hydroxylation is 1. The number of nitrogens with zero attached hydrogens (tertiary/aromatic N) is 2. The molecule has 3 rings (SSSR count). The molecule has 2 saturated carbocycles. The van der Waals surface area contributed by atoms with E-state index in [0.717, 1.165) is 28.8 Å². The summed E-state index contributed by atoms with van der Waals surface area (Å²) in [5.41, 5.74) is 1.34. The first kappa shape index (κ1) is 12.7. The van der Waals surface area contributed by atoms with Crippen molar-refractivity contribution >= 4 is 15.9 Å². The van der Waals surface area contributed by atoms with Crippen molar-refractivity contribution in [3.63, 3.8) is 0 Å². The maximum atomic E-state index is 4.47. The van der Waals surface area contributed by atoms with Crippen molar-refractivity contribution in [1.82, 2.24) is 15.1 Å². The van der Waals surface area contributed by atoms with Gasteiger partial charge in [-0.05, 0) is 66.9 Å². The average molecular weight is 312 g/mol. The van der Waals surface area contributed by atoms with E-state index in [-0.39, 0.29) is 0 Å². The lowest BCUT2D eigenvalue weighted by molar-refractivity contribution is 0.249. The summed E-state index contributed by atoms with van der Waals surface area (Å²) in [7, 11) is 2.09. The average Bonchev–Trinajstić information content (AvgIpc) is 3.07. The Kier molecular flexibility index (Phi) is 3.50. The zero-order valence-corrected chi connectivity index (χ0v) is 12.8. The summed E-state index contributed by atoms with van der Waals surface area (Å²) in [4.78, 5) is 0. The molecular formula is C14H22BrN3. The summed E-state index contributed by atoms with van der Waals surface area (Å²) in [6.45, 7) is 3.11. The van der Waals surface area contributed by atoms with Crippen LogP contribution in [0.4, 0.5) is 0 Å². The molecular weight excluding hydrogens is 290 g/mol. The highest BCUT2D eigenvalue weighted by Crippen LogP contribution is 2.53. The standard InChI is InChI=1S/C14H22BrN3/c1-3-18-14(12(15)8-17-18)13(16-2)11-7-9-4-5-10(11)6-9/h8-11,13,16H,3-7H2,1-2H3. The van der Waals surface area contributed by atoms with E-state index in [0.29, 0.717) is 6.04 Å². The number of aromatic nitrogens is 2. The Morgan fingerprint density at radius 2 is 2.33 bits per heavy atom. The highest BCUT2D eigenvalue weighted by Gasteiger charge is 2.44. The zero-order valence-electron chi connectivity index (χ0n) is 11.2. The quantitative estimate of drug-likeness (QED) is 0.924. The molecule has 4 unspecified atom stereocenters. The van der Waals surface area contributed by atoms with E-state index >= 15 is 0 Å². The molecule has 3 nitrogen and oxygen atoms in total. The monoisotopic (exact) mass is 311 g/mol. The van der Waals surface area contributed by atoms with Crippen LogP contribution >= 0.6 is 15.9 Å². The Bertz CT molecular complexity index is 429. The van der Waals surface area contributed by atoms with Crippen molar-refractivity contribution in [2.75, 3.05) is 7.05 Å². The fourth-order valence-electron chi connectivity index (χ4n) is 4.19. The van der Waals surface area contributed by atoms with Gasteiger partial charge in [0.25, 0.3) is 0 Å². The maximum Gasteiger partial charge on any atom is 0.0698 e. The highest BCUT2D eigenvalue weighted by molar-refractivity contribution is 9.10. The smallest absolute Gasteiger partial charge is 0.0698 e. The molecule has 0 radical (unpaired) electrons. The summed E-state index contributed by atoms with van der Waals surface area (Å²) in [5, 5.41) is 8.02. The second-order valence-corrected chi connectivity index (χ2v) is 6.65. The third-order valence-corrected chi connectivity index (χ3v) is 5.57. The van der Waals surface area contributed by atoms with E-state index in [1.54, 1.807) is 0 Å². The minimum Gasteiger partial charge on any atom is -0.311 e. The largest absolute Gasteiger partial charge is 0.311 e. The first-order valence-corrected chi connectivity index (χ1v) is 7.92. The second-order valence-electron chi connectivity index (χ2n) is 5.80. The van der Waals surface area contributed by atoms with Crippen LogP contribution in [0, 0.1) is 17.8 Å². The van der Waals surface area contributed by atoms with E-state index in [1.807, 2.05) is 6.20 Å². The van der Waals surface area contributed by atoms with Crippen LogP contribution in [0.3, 0.4) is 0 Å². The van der Waals surface area contributed by atoms with Gasteiger partial charge in [0.15, 0.2) is 0 Å². The fourth-order valence-corrected chi connectivity index (χ4v) is 4.73. The number of fused-ring (bicyclic) bond motifs is 2. The van der Waals surface area contributed by atoms with Gasteiger partial charge in [-0.3, -0.25) is 4.68 Å². The van der Waals surface area contributed by atoms with Gasteiger partial charge in [0, 0.05) is 6.54 Å². The Balaban J connectivity index is 1.90. The molecule has 1 aromatic rings. The molecule has 2 aliphatic carbocycles. The summed E-state index contributed by atoms with van der Waals surface area (Å²) in [5.74, 6) is 2.72. The Hall–Kier alpha value is -0.350. The van der Waals surface area contributed by atoms with Gasteiger partial charge in [0.05, 0.1) is 22.4 Å². The van der Waals surface area contributed by atoms with Crippen molar-refractivity contribution < 1.29 is 0 Å². The summed E-state index contributed by atoms with van der Waals surface area (Å²) in [6.07, 6.45) is 7.70. The van der Waals surface area contributed by atoms with Gasteiger partial charge < -0.3 is 5.32 Å². The minimum atomic E-state index is 0.456. The predicted octanol–water partition coefficient (Wildman–Crippen LogP) is 3.36. The third kappa shape index (κ3) is 1.94. The lowest BCUT2D eigenvalue weighted by atomic mass is 9.82. The van der Waals surface area contributed by atoms with Gasteiger partial charge in [-0.1, -0.05) is 6.42 Å². The van der Waals surface area contributed by atoms with E-state index in [1.165, 1.54) is 31.4 Å². The zero-order chi connectivity index (χ0) is 12.7. The topological polar surface area (TPSA) is 29.9 Å². The number of nitrogens with one attached hydrogen (secondary N) is 1. The van der Waals surface area contributed by atoms with Gasteiger partial charge in [0.1, 0.15) is 0 Å². The van der Waals surface area contributed by atoms with Crippen molar-refractivity contribution in [2.45, 2.75) is 45.2 Å². The van der Waals surface area contributed by atoms with Gasteiger partial charge in [-0.15, -0.1) is 0 Å². The molecule has 18 heavy (non-hydrogen) atoms. The molecule has 0 aromatic carbocycles. The molecule has 1 heterocycles. The van der Waals surface area contributed by atoms with Gasteiger partial charge in [0.2, 0.25) is 0 Å². The van der Waals surface area contributed by atoms with E-state index in [4.69, 9.17) is 0 Å². The van der Waals surface area contributed by atoms with Crippen LogP contribution in [0.5, 0.6) is 0 Å². The van der Waals surface area contributed by atoms with Crippen LogP contribution in [0.1, 0.15) is 44.3 Å². The molecule has 4 heteroatoms. The molecule has 0 amide bonds. The van der Waals surface area contributed by atoms with Crippen LogP contribution in [0.15, 0.2) is 10.7 Å². The summed E-state index contributed by atoms with van der Waals surface area (Å²) >= 11 is 3.68. The molecule has 100 valence electrons. The van der Waals surface area contributed by atoms with Gasteiger partial charge in [-0.25, -0.2) is 0 Å². The molecule has 0 aliphatic heterocycles. The summed E-state index contributed by atoms with van der Waals surface area (Å²) < 4.78 is 3.29. The number of hydrogen-bond donors (Lipinski definition) is 1. The third-order valence-electron chi connectivity index (χ3n) is 4.96. The Labute approximate surface area is 117 Å². The molecule has 2 fully saturated rings. The van der Waals surface area contributed by atoms with Crippen molar-refractivity contribution in [3.8, 4) is 0 Å². The lowest BCUT2D eigenvalue weighted by Crippen LogP contribution is -2.31. The Morgan fingerprint density at radius 3 is 2.89 bits per heavy atom. The lowest BCUT2D eigenvalue weighted by Gasteiger charge is -2.31. The fraction of sp³-hybridized carbons (Fsp3) is 0.786. The van der Waals surface area contributed by atoms with Crippen molar-refractivity contribution in [1.29, 1.82) is 0 Å². The molecule has 2 bridgehead atoms. The predicted molar refractivity (Wildman–Crippen MR) is 76.3 cm³/mol. The first-order valence-electron chi connectivity index (χ1n) is 7.13. The molecule has 4 atom stereocenters. The van der Waals surface area contributed by atoms with Crippen LogP contribution in [-0.2, 0) is 6.54 Å². The molecule has 0 saturated heterocycles. The number of halogens is 1. The van der Waals surface area contributed by atoms with Crippen LogP contribution in [0.25, 0.3) is 0 Å².